The van der Waals surface area contributed by atoms with E-state index in [0.29, 0.717) is 11.5 Å². The Kier molecular flexibility index (Phi) is 3.05. The van der Waals surface area contributed by atoms with E-state index in [1.807, 2.05) is 6.92 Å². The average molecular weight is 229 g/mol. The highest BCUT2D eigenvalue weighted by Gasteiger charge is 2.04. The maximum Gasteiger partial charge on any atom is 0.335 e. The Labute approximate surface area is 98.5 Å². The number of hydrogen-bond acceptors (Lipinski definition) is 3. The molecule has 4 nitrogen and oxygen atoms in total. The van der Waals surface area contributed by atoms with Crippen molar-refractivity contribution in [2.45, 2.75) is 6.92 Å². The number of nitrogens with zero attached hydrogens (tertiary/aromatic N) is 1. The van der Waals surface area contributed by atoms with Crippen LogP contribution in [0.3, 0.4) is 0 Å². The fourth-order valence-electron chi connectivity index (χ4n) is 1.41. The maximum atomic E-state index is 10.8. The zero-order valence-corrected chi connectivity index (χ0v) is 9.25. The first-order valence-electron chi connectivity index (χ1n) is 5.09. The third-order valence-electron chi connectivity index (χ3n) is 2.18. The van der Waals surface area contributed by atoms with Gasteiger partial charge in [-0.1, -0.05) is 6.07 Å². The zero-order chi connectivity index (χ0) is 12.3. The van der Waals surface area contributed by atoms with E-state index in [-0.39, 0.29) is 5.56 Å². The number of hydrogen-bond donors (Lipinski definition) is 1. The number of aromatic nitrogens is 1. The van der Waals surface area contributed by atoms with Crippen molar-refractivity contribution in [1.82, 2.24) is 4.98 Å². The molecule has 0 saturated heterocycles. The number of carboxylic acids is 1. The lowest BCUT2D eigenvalue weighted by Crippen LogP contribution is -1.96. The second-order valence-electron chi connectivity index (χ2n) is 3.57. The van der Waals surface area contributed by atoms with Gasteiger partial charge >= 0.3 is 5.97 Å². The first-order chi connectivity index (χ1) is 8.15. The molecule has 0 atom stereocenters. The number of benzene rings is 1. The minimum atomic E-state index is -0.971. The lowest BCUT2D eigenvalue weighted by atomic mass is 10.2. The van der Waals surface area contributed by atoms with Crippen LogP contribution in [0.2, 0.25) is 0 Å². The topological polar surface area (TPSA) is 59.4 Å². The van der Waals surface area contributed by atoms with E-state index in [1.54, 1.807) is 30.5 Å². The number of ether oxygens (including phenoxy) is 1. The van der Waals surface area contributed by atoms with Gasteiger partial charge in [0.1, 0.15) is 11.5 Å². The van der Waals surface area contributed by atoms with Gasteiger partial charge in [-0.2, -0.15) is 0 Å². The van der Waals surface area contributed by atoms with Crippen LogP contribution in [0.15, 0.2) is 42.6 Å². The summed E-state index contributed by atoms with van der Waals surface area (Å²) in [5.74, 6) is 0.164. The van der Waals surface area contributed by atoms with E-state index in [0.717, 1.165) is 5.69 Å². The number of rotatable bonds is 3. The van der Waals surface area contributed by atoms with Crippen LogP contribution in [0.25, 0.3) is 0 Å². The van der Waals surface area contributed by atoms with Gasteiger partial charge in [-0.25, -0.2) is 4.79 Å². The summed E-state index contributed by atoms with van der Waals surface area (Å²) in [5, 5.41) is 8.85. The molecule has 2 rings (SSSR count). The van der Waals surface area contributed by atoms with E-state index in [4.69, 9.17) is 9.84 Å². The van der Waals surface area contributed by atoms with Crippen LogP contribution < -0.4 is 4.74 Å². The third kappa shape index (κ3) is 2.81. The number of pyridine rings is 1. The van der Waals surface area contributed by atoms with Crippen LogP contribution >= 0.6 is 0 Å². The molecule has 4 heteroatoms. The molecule has 0 spiro atoms. The predicted molar refractivity (Wildman–Crippen MR) is 62.4 cm³/mol. The Hall–Kier alpha value is -2.36. The summed E-state index contributed by atoms with van der Waals surface area (Å²) < 4.78 is 5.55. The minimum Gasteiger partial charge on any atom is -0.478 e. The molecular weight excluding hydrogens is 218 g/mol. The van der Waals surface area contributed by atoms with Gasteiger partial charge in [-0.05, 0) is 31.2 Å². The summed E-state index contributed by atoms with van der Waals surface area (Å²) in [6.45, 7) is 1.86. The van der Waals surface area contributed by atoms with Gasteiger partial charge in [-0.15, -0.1) is 0 Å². The normalized spacial score (nSPS) is 9.94. The monoisotopic (exact) mass is 229 g/mol. The molecule has 0 amide bonds. The van der Waals surface area contributed by atoms with Gasteiger partial charge in [0.05, 0.1) is 5.56 Å². The largest absolute Gasteiger partial charge is 0.478 e. The van der Waals surface area contributed by atoms with Gasteiger partial charge in [0.25, 0.3) is 0 Å². The number of carbonyl (C=O) groups is 1. The van der Waals surface area contributed by atoms with Crippen molar-refractivity contribution in [1.29, 1.82) is 0 Å². The molecule has 17 heavy (non-hydrogen) atoms. The molecular formula is C13H11NO3. The SMILES string of the molecule is Cc1cc(Oc2cccc(C(=O)O)c2)ccn1. The molecule has 0 saturated carbocycles. The molecule has 0 unspecified atom stereocenters. The molecule has 0 fully saturated rings. The van der Waals surface area contributed by atoms with Gasteiger partial charge in [0.2, 0.25) is 0 Å². The summed E-state index contributed by atoms with van der Waals surface area (Å²) in [5.41, 5.74) is 1.05. The highest BCUT2D eigenvalue weighted by atomic mass is 16.5. The molecule has 0 aliphatic heterocycles. The molecule has 2 aromatic rings. The summed E-state index contributed by atoms with van der Waals surface area (Å²) in [7, 11) is 0. The lowest BCUT2D eigenvalue weighted by Gasteiger charge is -2.06. The fraction of sp³-hybridized carbons (Fsp3) is 0.0769. The Morgan fingerprint density at radius 2 is 2.00 bits per heavy atom. The number of carboxylic acid groups (broad SMARTS) is 1. The van der Waals surface area contributed by atoms with Crippen LogP contribution in [-0.2, 0) is 0 Å². The number of aryl methyl sites for hydroxylation is 1. The second kappa shape index (κ2) is 4.65. The van der Waals surface area contributed by atoms with Crippen molar-refractivity contribution in [3.8, 4) is 11.5 Å². The molecule has 1 heterocycles. The Bertz CT molecular complexity index is 552. The smallest absolute Gasteiger partial charge is 0.335 e. The van der Waals surface area contributed by atoms with Crippen molar-refractivity contribution in [2.75, 3.05) is 0 Å². The Morgan fingerprint density at radius 3 is 2.71 bits per heavy atom. The quantitative estimate of drug-likeness (QED) is 0.879. The van der Waals surface area contributed by atoms with E-state index >= 15 is 0 Å². The van der Waals surface area contributed by atoms with Crippen LogP contribution in [0.4, 0.5) is 0 Å². The van der Waals surface area contributed by atoms with Crippen LogP contribution in [-0.4, -0.2) is 16.1 Å². The van der Waals surface area contributed by atoms with E-state index in [1.165, 1.54) is 12.1 Å². The van der Waals surface area contributed by atoms with E-state index in [9.17, 15) is 4.79 Å². The van der Waals surface area contributed by atoms with Crippen LogP contribution in [0.1, 0.15) is 16.1 Å². The summed E-state index contributed by atoms with van der Waals surface area (Å²) >= 11 is 0. The molecule has 1 aromatic carbocycles. The fourth-order valence-corrected chi connectivity index (χ4v) is 1.41. The average Bonchev–Trinajstić information content (AvgIpc) is 2.29. The summed E-state index contributed by atoms with van der Waals surface area (Å²) in [6, 6.07) is 9.87. The van der Waals surface area contributed by atoms with Crippen LogP contribution in [0.5, 0.6) is 11.5 Å². The molecule has 0 bridgehead atoms. The lowest BCUT2D eigenvalue weighted by molar-refractivity contribution is 0.0696. The van der Waals surface area contributed by atoms with Crippen molar-refractivity contribution in [2.24, 2.45) is 0 Å². The summed E-state index contributed by atoms with van der Waals surface area (Å²) in [4.78, 5) is 14.8. The molecule has 1 N–H and O–H groups in total. The molecule has 1 aromatic heterocycles. The predicted octanol–water partition coefficient (Wildman–Crippen LogP) is 2.88. The molecule has 0 aliphatic rings. The van der Waals surface area contributed by atoms with Gasteiger partial charge in [0.15, 0.2) is 0 Å². The first kappa shape index (κ1) is 11.1. The van der Waals surface area contributed by atoms with Crippen molar-refractivity contribution in [3.05, 3.63) is 53.9 Å². The third-order valence-corrected chi connectivity index (χ3v) is 2.18. The van der Waals surface area contributed by atoms with Crippen LogP contribution in [0, 0.1) is 6.92 Å². The highest BCUT2D eigenvalue weighted by molar-refractivity contribution is 5.88. The molecule has 0 aliphatic carbocycles. The molecule has 0 radical (unpaired) electrons. The van der Waals surface area contributed by atoms with Gasteiger partial charge in [-0.3, -0.25) is 4.98 Å². The Balaban J connectivity index is 2.24. The highest BCUT2D eigenvalue weighted by Crippen LogP contribution is 2.22. The van der Waals surface area contributed by atoms with E-state index in [2.05, 4.69) is 4.98 Å². The van der Waals surface area contributed by atoms with Gasteiger partial charge in [0, 0.05) is 18.0 Å². The zero-order valence-electron chi connectivity index (χ0n) is 9.25. The van der Waals surface area contributed by atoms with Crippen molar-refractivity contribution < 1.29 is 14.6 Å². The first-order valence-corrected chi connectivity index (χ1v) is 5.09. The van der Waals surface area contributed by atoms with Crippen molar-refractivity contribution in [3.63, 3.8) is 0 Å². The molecule has 86 valence electrons. The second-order valence-corrected chi connectivity index (χ2v) is 3.57. The van der Waals surface area contributed by atoms with Gasteiger partial charge < -0.3 is 9.84 Å². The minimum absolute atomic E-state index is 0.202. The van der Waals surface area contributed by atoms with Crippen molar-refractivity contribution >= 4 is 5.97 Å². The summed E-state index contributed by atoms with van der Waals surface area (Å²) in [6.07, 6.45) is 1.64. The standard InChI is InChI=1S/C13H11NO3/c1-9-7-12(5-6-14-9)17-11-4-2-3-10(8-11)13(15)16/h2-8H,1H3,(H,15,16). The Morgan fingerprint density at radius 1 is 1.24 bits per heavy atom. The maximum absolute atomic E-state index is 10.8. The number of aromatic carboxylic acids is 1. The van der Waals surface area contributed by atoms with E-state index < -0.39 is 5.97 Å².